The van der Waals surface area contributed by atoms with E-state index in [4.69, 9.17) is 0 Å². The number of hydrogen-bond donors (Lipinski definition) is 0. The molecule has 0 aromatic rings. The summed E-state index contributed by atoms with van der Waals surface area (Å²) < 4.78 is 0. The van der Waals surface area contributed by atoms with Gasteiger partial charge in [0.05, 0.1) is 0 Å². The summed E-state index contributed by atoms with van der Waals surface area (Å²) >= 11 is 0. The van der Waals surface area contributed by atoms with Crippen molar-refractivity contribution in [1.29, 1.82) is 0 Å². The molecule has 1 heteroatoms. The summed E-state index contributed by atoms with van der Waals surface area (Å²) in [6.07, 6.45) is 11.6. The molecule has 0 amide bonds. The Morgan fingerprint density at radius 2 is 1.83 bits per heavy atom. The molecule has 12 heavy (non-hydrogen) atoms. The van der Waals surface area contributed by atoms with Gasteiger partial charge in [0, 0.05) is 5.92 Å². The Hall–Kier alpha value is -0.850. The molecule has 1 fully saturated rings. The van der Waals surface area contributed by atoms with Gasteiger partial charge < -0.3 is 4.79 Å². The molecule has 66 valence electrons. The second-order valence-corrected chi connectivity index (χ2v) is 3.37. The van der Waals surface area contributed by atoms with Gasteiger partial charge in [0.15, 0.2) is 0 Å². The molecule has 1 nitrogen and oxygen atoms in total. The first-order valence-electron chi connectivity index (χ1n) is 4.63. The quantitative estimate of drug-likeness (QED) is 0.463. The average Bonchev–Trinajstić information content (AvgIpc) is 2.15. The topological polar surface area (TPSA) is 17.1 Å². The summed E-state index contributed by atoms with van der Waals surface area (Å²) in [7, 11) is 0. The lowest BCUT2D eigenvalue weighted by Crippen LogP contribution is -2.18. The van der Waals surface area contributed by atoms with Crippen LogP contribution < -0.4 is 0 Å². The Labute approximate surface area is 74.2 Å². The van der Waals surface area contributed by atoms with Crippen LogP contribution in [0, 0.1) is 11.8 Å². The minimum absolute atomic E-state index is 0.259. The summed E-state index contributed by atoms with van der Waals surface area (Å²) in [4.78, 5) is 10.7. The summed E-state index contributed by atoms with van der Waals surface area (Å²) in [6, 6.07) is 0. The van der Waals surface area contributed by atoms with Crippen LogP contribution in [0.5, 0.6) is 0 Å². The second kappa shape index (κ2) is 4.91. The summed E-state index contributed by atoms with van der Waals surface area (Å²) in [6.45, 7) is 3.62. The minimum atomic E-state index is 0.259. The highest BCUT2D eigenvalue weighted by molar-refractivity contribution is 5.54. The monoisotopic (exact) mass is 164 g/mol. The van der Waals surface area contributed by atoms with Crippen molar-refractivity contribution in [2.75, 3.05) is 0 Å². The molecule has 0 N–H and O–H groups in total. The molecule has 0 aliphatic heterocycles. The van der Waals surface area contributed by atoms with E-state index in [0.29, 0.717) is 5.92 Å². The van der Waals surface area contributed by atoms with Crippen LogP contribution in [0.25, 0.3) is 0 Å². The van der Waals surface area contributed by atoms with E-state index >= 15 is 0 Å². The molecule has 0 saturated heterocycles. The maximum absolute atomic E-state index is 10.7. The first kappa shape index (κ1) is 9.24. The third-order valence-electron chi connectivity index (χ3n) is 2.54. The standard InChI is InChI=1S/C11H16O/c1-2-3-6-10-7-4-5-8-11(10)9-12/h2-3,6,9-11H,1,4-5,7-8H2/b6-3+/t10-,11-/m1/s1. The Morgan fingerprint density at radius 1 is 1.17 bits per heavy atom. The summed E-state index contributed by atoms with van der Waals surface area (Å²) in [5.74, 6) is 0.726. The molecule has 1 aliphatic carbocycles. The Bertz CT molecular complexity index is 181. The molecule has 0 aromatic carbocycles. The Kier molecular flexibility index (Phi) is 3.78. The number of aldehydes is 1. The van der Waals surface area contributed by atoms with Crippen LogP contribution in [-0.2, 0) is 4.79 Å². The normalized spacial score (nSPS) is 30.3. The number of allylic oxidation sites excluding steroid dienone is 3. The fraction of sp³-hybridized carbons (Fsp3) is 0.545. The Balaban J connectivity index is 2.52. The molecule has 0 radical (unpaired) electrons. The third-order valence-corrected chi connectivity index (χ3v) is 2.54. The fourth-order valence-electron chi connectivity index (χ4n) is 1.82. The number of rotatable bonds is 3. The van der Waals surface area contributed by atoms with Crippen molar-refractivity contribution >= 4 is 6.29 Å². The first-order chi connectivity index (χ1) is 5.88. The van der Waals surface area contributed by atoms with Gasteiger partial charge in [-0.2, -0.15) is 0 Å². The molecule has 0 bridgehead atoms. The van der Waals surface area contributed by atoms with Crippen LogP contribution >= 0.6 is 0 Å². The molecular weight excluding hydrogens is 148 g/mol. The zero-order valence-electron chi connectivity index (χ0n) is 7.41. The third kappa shape index (κ3) is 2.33. The van der Waals surface area contributed by atoms with Crippen LogP contribution in [-0.4, -0.2) is 6.29 Å². The SMILES string of the molecule is C=C/C=C/[C@@H]1CCCC[C@@H]1C=O. The summed E-state index contributed by atoms with van der Waals surface area (Å²) in [5.41, 5.74) is 0. The Morgan fingerprint density at radius 3 is 2.42 bits per heavy atom. The molecule has 1 aliphatic rings. The predicted octanol–water partition coefficient (Wildman–Crippen LogP) is 2.73. The van der Waals surface area contributed by atoms with Gasteiger partial charge in [-0.3, -0.25) is 0 Å². The van der Waals surface area contributed by atoms with Crippen LogP contribution in [0.2, 0.25) is 0 Å². The highest BCUT2D eigenvalue weighted by Crippen LogP contribution is 2.29. The van der Waals surface area contributed by atoms with Crippen LogP contribution in [0.4, 0.5) is 0 Å². The number of carbonyl (C=O) groups is 1. The van der Waals surface area contributed by atoms with Crippen LogP contribution in [0.1, 0.15) is 25.7 Å². The van der Waals surface area contributed by atoms with Gasteiger partial charge in [0.25, 0.3) is 0 Å². The highest BCUT2D eigenvalue weighted by atomic mass is 16.1. The van der Waals surface area contributed by atoms with Crippen molar-refractivity contribution in [2.45, 2.75) is 25.7 Å². The van der Waals surface area contributed by atoms with Gasteiger partial charge in [0.1, 0.15) is 6.29 Å². The molecular formula is C11H16O. The lowest BCUT2D eigenvalue weighted by atomic mass is 9.80. The smallest absolute Gasteiger partial charge is 0.123 e. The van der Waals surface area contributed by atoms with Crippen molar-refractivity contribution in [3.05, 3.63) is 24.8 Å². The van der Waals surface area contributed by atoms with Gasteiger partial charge in [-0.1, -0.05) is 37.6 Å². The zero-order valence-corrected chi connectivity index (χ0v) is 7.41. The van der Waals surface area contributed by atoms with Gasteiger partial charge in [-0.15, -0.1) is 0 Å². The van der Waals surface area contributed by atoms with E-state index in [1.807, 2.05) is 6.08 Å². The molecule has 2 atom stereocenters. The van der Waals surface area contributed by atoms with Gasteiger partial charge >= 0.3 is 0 Å². The molecule has 0 unspecified atom stereocenters. The van der Waals surface area contributed by atoms with E-state index < -0.39 is 0 Å². The fourth-order valence-corrected chi connectivity index (χ4v) is 1.82. The molecule has 0 heterocycles. The average molecular weight is 164 g/mol. The minimum Gasteiger partial charge on any atom is -0.303 e. The van der Waals surface area contributed by atoms with E-state index in [-0.39, 0.29) is 5.92 Å². The lowest BCUT2D eigenvalue weighted by Gasteiger charge is -2.24. The van der Waals surface area contributed by atoms with E-state index in [1.165, 1.54) is 12.8 Å². The van der Waals surface area contributed by atoms with Crippen LogP contribution in [0.3, 0.4) is 0 Å². The highest BCUT2D eigenvalue weighted by Gasteiger charge is 2.21. The first-order valence-corrected chi connectivity index (χ1v) is 4.63. The maximum atomic E-state index is 10.7. The maximum Gasteiger partial charge on any atom is 0.123 e. The second-order valence-electron chi connectivity index (χ2n) is 3.37. The lowest BCUT2D eigenvalue weighted by molar-refractivity contribution is -0.112. The van der Waals surface area contributed by atoms with Crippen molar-refractivity contribution < 1.29 is 4.79 Å². The predicted molar refractivity (Wildman–Crippen MR) is 50.8 cm³/mol. The molecule has 1 saturated carbocycles. The van der Waals surface area contributed by atoms with Gasteiger partial charge in [-0.05, 0) is 18.8 Å². The van der Waals surface area contributed by atoms with E-state index in [0.717, 1.165) is 19.1 Å². The van der Waals surface area contributed by atoms with Crippen molar-refractivity contribution in [3.8, 4) is 0 Å². The summed E-state index contributed by atoms with van der Waals surface area (Å²) in [5, 5.41) is 0. The molecule has 0 spiro atoms. The van der Waals surface area contributed by atoms with Gasteiger partial charge in [-0.25, -0.2) is 0 Å². The molecule has 1 rings (SSSR count). The van der Waals surface area contributed by atoms with Crippen LogP contribution in [0.15, 0.2) is 24.8 Å². The largest absolute Gasteiger partial charge is 0.303 e. The number of hydrogen-bond acceptors (Lipinski definition) is 1. The van der Waals surface area contributed by atoms with Crippen molar-refractivity contribution in [3.63, 3.8) is 0 Å². The van der Waals surface area contributed by atoms with E-state index in [9.17, 15) is 4.79 Å². The van der Waals surface area contributed by atoms with Crippen molar-refractivity contribution in [1.82, 2.24) is 0 Å². The van der Waals surface area contributed by atoms with Crippen molar-refractivity contribution in [2.24, 2.45) is 11.8 Å². The number of carbonyl (C=O) groups excluding carboxylic acids is 1. The molecule has 0 aromatic heterocycles. The van der Waals surface area contributed by atoms with E-state index in [1.54, 1.807) is 6.08 Å². The van der Waals surface area contributed by atoms with E-state index in [2.05, 4.69) is 12.7 Å². The zero-order chi connectivity index (χ0) is 8.81. The van der Waals surface area contributed by atoms with Gasteiger partial charge in [0.2, 0.25) is 0 Å².